The van der Waals surface area contributed by atoms with E-state index in [2.05, 4.69) is 39.2 Å². The van der Waals surface area contributed by atoms with E-state index in [1.165, 1.54) is 0 Å². The molecule has 14 heavy (non-hydrogen) atoms. The number of aliphatic hydroxyl groups is 1. The summed E-state index contributed by atoms with van der Waals surface area (Å²) in [7, 11) is 0. The normalized spacial score (nSPS) is 50.9. The molecule has 0 saturated heterocycles. The minimum atomic E-state index is -0.809. The zero-order valence-corrected chi connectivity index (χ0v) is 9.01. The second-order valence-electron chi connectivity index (χ2n) is 5.06. The van der Waals surface area contributed by atoms with Crippen LogP contribution < -0.4 is 0 Å². The number of allylic oxidation sites excluding steroid dienone is 1. The second-order valence-corrected chi connectivity index (χ2v) is 5.06. The molecule has 1 heteroatoms. The second kappa shape index (κ2) is 2.40. The van der Waals surface area contributed by atoms with E-state index in [4.69, 9.17) is 0 Å². The van der Waals surface area contributed by atoms with Crippen molar-refractivity contribution in [1.29, 1.82) is 0 Å². The molecule has 0 aromatic rings. The third-order valence-corrected chi connectivity index (χ3v) is 4.36. The summed E-state index contributed by atoms with van der Waals surface area (Å²) < 4.78 is 0. The Morgan fingerprint density at radius 1 is 1.36 bits per heavy atom. The molecule has 0 radical (unpaired) electrons. The van der Waals surface area contributed by atoms with E-state index in [1.807, 2.05) is 0 Å². The Morgan fingerprint density at radius 2 is 2.00 bits per heavy atom. The third kappa shape index (κ3) is 0.838. The average molecular weight is 190 g/mol. The Hall–Kier alpha value is -0.820. The van der Waals surface area contributed by atoms with E-state index in [9.17, 15) is 5.11 Å². The molecule has 1 saturated carbocycles. The van der Waals surface area contributed by atoms with Gasteiger partial charge in [-0.1, -0.05) is 37.3 Å². The van der Waals surface area contributed by atoms with Gasteiger partial charge in [0.15, 0.2) is 0 Å². The Balaban J connectivity index is 2.55. The van der Waals surface area contributed by atoms with Gasteiger partial charge in [-0.3, -0.25) is 0 Å². The molecule has 76 valence electrons. The molecule has 0 spiro atoms. The van der Waals surface area contributed by atoms with Gasteiger partial charge in [0.05, 0.1) is 5.60 Å². The summed E-state index contributed by atoms with van der Waals surface area (Å²) in [5.74, 6) is 0. The van der Waals surface area contributed by atoms with Crippen LogP contribution in [0.2, 0.25) is 0 Å². The molecule has 0 amide bonds. The van der Waals surface area contributed by atoms with Gasteiger partial charge in [0.2, 0.25) is 0 Å². The monoisotopic (exact) mass is 190 g/mol. The fourth-order valence-corrected chi connectivity index (χ4v) is 2.81. The maximum Gasteiger partial charge on any atom is 0.0950 e. The lowest BCUT2D eigenvalue weighted by atomic mass is 9.58. The van der Waals surface area contributed by atoms with Gasteiger partial charge in [0, 0.05) is 10.8 Å². The van der Waals surface area contributed by atoms with Crippen LogP contribution in [0.15, 0.2) is 37.0 Å². The number of hydrogen-bond donors (Lipinski definition) is 1. The topological polar surface area (TPSA) is 20.2 Å². The molecule has 0 aromatic heterocycles. The first-order valence-corrected chi connectivity index (χ1v) is 5.14. The zero-order valence-electron chi connectivity index (χ0n) is 9.01. The minimum absolute atomic E-state index is 0.0873. The standard InChI is InChI=1S/C13H18O/c1-5-13(14)9-7-11(3)6-8-12(13,4)10(11)2/h5-6,8,14H,1-2,7,9H2,3-4H3/t11-,12-,13+/m0/s1. The van der Waals surface area contributed by atoms with E-state index in [1.54, 1.807) is 6.08 Å². The average Bonchev–Trinajstić information content (AvgIpc) is 2.34. The predicted octanol–water partition coefficient (Wildman–Crippen LogP) is 2.84. The summed E-state index contributed by atoms with van der Waals surface area (Å²) in [5, 5.41) is 10.5. The quantitative estimate of drug-likeness (QED) is 0.630. The molecular formula is C13H18O. The van der Waals surface area contributed by atoms with Gasteiger partial charge in [-0.05, 0) is 19.8 Å². The maximum absolute atomic E-state index is 10.5. The van der Waals surface area contributed by atoms with Crippen molar-refractivity contribution in [2.75, 3.05) is 0 Å². The first kappa shape index (κ1) is 9.72. The van der Waals surface area contributed by atoms with Crippen LogP contribution in [0.25, 0.3) is 0 Å². The van der Waals surface area contributed by atoms with Crippen molar-refractivity contribution in [3.05, 3.63) is 37.0 Å². The van der Waals surface area contributed by atoms with Crippen LogP contribution in [0.4, 0.5) is 0 Å². The van der Waals surface area contributed by atoms with Crippen LogP contribution in [0.5, 0.6) is 0 Å². The van der Waals surface area contributed by atoms with Crippen LogP contribution in [0.1, 0.15) is 26.7 Å². The molecule has 1 fully saturated rings. The van der Waals surface area contributed by atoms with Gasteiger partial charge in [-0.25, -0.2) is 0 Å². The Morgan fingerprint density at radius 3 is 2.57 bits per heavy atom. The maximum atomic E-state index is 10.5. The lowest BCUT2D eigenvalue weighted by molar-refractivity contribution is -0.0205. The first-order chi connectivity index (χ1) is 6.38. The molecular weight excluding hydrogens is 172 g/mol. The summed E-state index contributed by atoms with van der Waals surface area (Å²) in [6.45, 7) is 12.2. The molecule has 0 aliphatic heterocycles. The Labute approximate surface area is 85.8 Å². The van der Waals surface area contributed by atoms with Crippen LogP contribution in [-0.2, 0) is 0 Å². The fourth-order valence-electron chi connectivity index (χ4n) is 2.81. The molecule has 0 aromatic carbocycles. The van der Waals surface area contributed by atoms with Crippen molar-refractivity contribution in [2.24, 2.45) is 10.8 Å². The molecule has 3 atom stereocenters. The molecule has 1 nitrogen and oxygen atoms in total. The van der Waals surface area contributed by atoms with Crippen LogP contribution in [0, 0.1) is 10.8 Å². The number of hydrogen-bond acceptors (Lipinski definition) is 1. The van der Waals surface area contributed by atoms with E-state index in [-0.39, 0.29) is 10.8 Å². The van der Waals surface area contributed by atoms with E-state index < -0.39 is 5.60 Å². The zero-order chi connectivity index (χ0) is 10.6. The third-order valence-electron chi connectivity index (χ3n) is 4.36. The van der Waals surface area contributed by atoms with Gasteiger partial charge >= 0.3 is 0 Å². The van der Waals surface area contributed by atoms with Crippen molar-refractivity contribution >= 4 is 0 Å². The molecule has 2 bridgehead atoms. The minimum Gasteiger partial charge on any atom is -0.385 e. The van der Waals surface area contributed by atoms with Crippen LogP contribution in [-0.4, -0.2) is 10.7 Å². The summed E-state index contributed by atoms with van der Waals surface area (Å²) in [6.07, 6.45) is 7.70. The Kier molecular flexibility index (Phi) is 1.67. The van der Waals surface area contributed by atoms with Gasteiger partial charge in [0.25, 0.3) is 0 Å². The van der Waals surface area contributed by atoms with Crippen molar-refractivity contribution < 1.29 is 5.11 Å². The molecule has 2 aliphatic rings. The summed E-state index contributed by atoms with van der Waals surface area (Å²) >= 11 is 0. The van der Waals surface area contributed by atoms with Crippen LogP contribution >= 0.6 is 0 Å². The SMILES string of the molecule is C=C[C@@]1(O)CC[C@]2(C)C=C[C@@]1(C)C2=C. The van der Waals surface area contributed by atoms with Gasteiger partial charge in [0.1, 0.15) is 0 Å². The van der Waals surface area contributed by atoms with E-state index in [0.29, 0.717) is 0 Å². The molecule has 2 aliphatic carbocycles. The molecule has 2 rings (SSSR count). The van der Waals surface area contributed by atoms with Gasteiger partial charge < -0.3 is 5.11 Å². The molecule has 0 heterocycles. The van der Waals surface area contributed by atoms with Crippen molar-refractivity contribution in [2.45, 2.75) is 32.3 Å². The number of fused-ring (bicyclic) bond motifs is 2. The van der Waals surface area contributed by atoms with Crippen molar-refractivity contribution in [3.8, 4) is 0 Å². The van der Waals surface area contributed by atoms with Gasteiger partial charge in [-0.15, -0.1) is 6.58 Å². The highest BCUT2D eigenvalue weighted by molar-refractivity contribution is 5.44. The first-order valence-electron chi connectivity index (χ1n) is 5.14. The molecule has 1 N–H and O–H groups in total. The fraction of sp³-hybridized carbons (Fsp3) is 0.538. The Bertz CT molecular complexity index is 341. The highest BCUT2D eigenvalue weighted by atomic mass is 16.3. The highest BCUT2D eigenvalue weighted by Crippen LogP contribution is 2.61. The smallest absolute Gasteiger partial charge is 0.0950 e. The van der Waals surface area contributed by atoms with E-state index in [0.717, 1.165) is 18.4 Å². The molecule has 0 unspecified atom stereocenters. The largest absolute Gasteiger partial charge is 0.385 e. The summed E-state index contributed by atoms with van der Waals surface area (Å²) in [5.41, 5.74) is 0.0844. The number of rotatable bonds is 1. The summed E-state index contributed by atoms with van der Waals surface area (Å²) in [4.78, 5) is 0. The lowest BCUT2D eigenvalue weighted by Gasteiger charge is -2.49. The van der Waals surface area contributed by atoms with Crippen molar-refractivity contribution in [1.82, 2.24) is 0 Å². The predicted molar refractivity (Wildman–Crippen MR) is 58.9 cm³/mol. The summed E-state index contributed by atoms with van der Waals surface area (Å²) in [6, 6.07) is 0. The lowest BCUT2D eigenvalue weighted by Crippen LogP contribution is -2.49. The highest BCUT2D eigenvalue weighted by Gasteiger charge is 2.56. The van der Waals surface area contributed by atoms with Crippen molar-refractivity contribution in [3.63, 3.8) is 0 Å². The van der Waals surface area contributed by atoms with Crippen LogP contribution in [0.3, 0.4) is 0 Å². The van der Waals surface area contributed by atoms with Gasteiger partial charge in [-0.2, -0.15) is 0 Å². The van der Waals surface area contributed by atoms with E-state index >= 15 is 0 Å².